The quantitative estimate of drug-likeness (QED) is 0.687. The van der Waals surface area contributed by atoms with Gasteiger partial charge in [0.1, 0.15) is 11.6 Å². The number of hydrogen-bond acceptors (Lipinski definition) is 3. The Bertz CT molecular complexity index is 874. The molecular weight excluding hydrogens is 307 g/mol. The Morgan fingerprint density at radius 1 is 1.08 bits per heavy atom. The summed E-state index contributed by atoms with van der Waals surface area (Å²) >= 11 is 0. The topological polar surface area (TPSA) is 69.8 Å². The smallest absolute Gasteiger partial charge is 0.226 e. The molecule has 6 heteroatoms. The first-order valence-corrected chi connectivity index (χ1v) is 7.66. The van der Waals surface area contributed by atoms with Crippen molar-refractivity contribution in [2.75, 3.05) is 10.6 Å². The fraction of sp³-hybridized carbons (Fsp3) is 0.111. The summed E-state index contributed by atoms with van der Waals surface area (Å²) in [6.07, 6.45) is 0.293. The van der Waals surface area contributed by atoms with E-state index in [1.54, 1.807) is 12.1 Å². The molecule has 0 saturated carbocycles. The van der Waals surface area contributed by atoms with Gasteiger partial charge in [0.15, 0.2) is 5.82 Å². The Kier molecular flexibility index (Phi) is 3.49. The summed E-state index contributed by atoms with van der Waals surface area (Å²) < 4.78 is 13.2. The summed E-state index contributed by atoms with van der Waals surface area (Å²) in [6, 6.07) is 15.9. The highest BCUT2D eigenvalue weighted by Gasteiger charge is 2.31. The average molecular weight is 322 g/mol. The zero-order chi connectivity index (χ0) is 16.5. The molecule has 0 radical (unpaired) electrons. The average Bonchev–Trinajstić information content (AvgIpc) is 2.98. The highest BCUT2D eigenvalue weighted by molar-refractivity contribution is 5.95. The highest BCUT2D eigenvalue weighted by atomic mass is 19.1. The minimum Gasteiger partial charge on any atom is -0.340 e. The molecule has 3 aromatic rings. The lowest BCUT2D eigenvalue weighted by molar-refractivity contribution is -0.116. The maximum atomic E-state index is 13.2. The normalized spacial score (nSPS) is 16.4. The zero-order valence-corrected chi connectivity index (χ0v) is 12.7. The molecule has 1 aromatic heterocycles. The molecule has 5 nitrogen and oxygen atoms in total. The summed E-state index contributed by atoms with van der Waals surface area (Å²) in [5.41, 5.74) is 2.67. The van der Waals surface area contributed by atoms with Gasteiger partial charge in [0.25, 0.3) is 0 Å². The lowest BCUT2D eigenvalue weighted by Gasteiger charge is -2.23. The predicted molar refractivity (Wildman–Crippen MR) is 89.8 cm³/mol. The molecule has 0 saturated heterocycles. The molecule has 1 amide bonds. The van der Waals surface area contributed by atoms with Crippen LogP contribution in [0.2, 0.25) is 0 Å². The number of rotatable bonds is 3. The van der Waals surface area contributed by atoms with Crippen molar-refractivity contribution in [1.82, 2.24) is 10.2 Å². The van der Waals surface area contributed by atoms with Crippen LogP contribution in [0.3, 0.4) is 0 Å². The van der Waals surface area contributed by atoms with E-state index in [1.807, 2.05) is 30.3 Å². The first-order chi connectivity index (χ1) is 11.7. The first-order valence-electron chi connectivity index (χ1n) is 7.66. The maximum absolute atomic E-state index is 13.2. The summed E-state index contributed by atoms with van der Waals surface area (Å²) in [5, 5.41) is 13.2. The van der Waals surface area contributed by atoms with Crippen LogP contribution in [-0.2, 0) is 4.79 Å². The number of amides is 1. The number of nitrogens with zero attached hydrogens (tertiary/aromatic N) is 1. The van der Waals surface area contributed by atoms with E-state index < -0.39 is 0 Å². The van der Waals surface area contributed by atoms with Crippen LogP contribution in [0.15, 0.2) is 54.6 Å². The Morgan fingerprint density at radius 2 is 1.83 bits per heavy atom. The Balaban J connectivity index is 1.75. The molecule has 0 fully saturated rings. The third-order valence-corrected chi connectivity index (χ3v) is 4.12. The summed E-state index contributed by atoms with van der Waals surface area (Å²) in [5.74, 6) is 0.660. The molecule has 1 aliphatic rings. The van der Waals surface area contributed by atoms with Crippen molar-refractivity contribution in [3.05, 3.63) is 71.5 Å². The molecule has 2 aromatic carbocycles. The standard InChI is InChI=1S/C18H15FN4O/c19-12-8-6-11(7-9-12)14-10-15(24)21-18-16(14)17(22-23-18)20-13-4-2-1-3-5-13/h1-9,14H,10H2,(H3,20,21,22,23,24). The number of para-hydroxylation sites is 1. The predicted octanol–water partition coefficient (Wildman–Crippen LogP) is 3.77. The van der Waals surface area contributed by atoms with E-state index in [2.05, 4.69) is 20.8 Å². The van der Waals surface area contributed by atoms with Crippen LogP contribution in [-0.4, -0.2) is 16.1 Å². The molecule has 1 aliphatic heterocycles. The molecule has 0 aliphatic carbocycles. The minimum absolute atomic E-state index is 0.102. The number of aromatic nitrogens is 2. The van der Waals surface area contributed by atoms with E-state index in [0.29, 0.717) is 12.2 Å². The van der Waals surface area contributed by atoms with E-state index in [0.717, 1.165) is 22.6 Å². The van der Waals surface area contributed by atoms with Crippen molar-refractivity contribution in [2.45, 2.75) is 12.3 Å². The van der Waals surface area contributed by atoms with Gasteiger partial charge in [0.05, 0.1) is 0 Å². The number of fused-ring (bicyclic) bond motifs is 1. The van der Waals surface area contributed by atoms with Gasteiger partial charge >= 0.3 is 0 Å². The maximum Gasteiger partial charge on any atom is 0.226 e. The van der Waals surface area contributed by atoms with E-state index in [4.69, 9.17) is 0 Å². The number of carbonyl (C=O) groups excluding carboxylic acids is 1. The van der Waals surface area contributed by atoms with Gasteiger partial charge in [-0.15, -0.1) is 0 Å². The Labute approximate surface area is 137 Å². The largest absolute Gasteiger partial charge is 0.340 e. The van der Waals surface area contributed by atoms with Gasteiger partial charge in [-0.25, -0.2) is 4.39 Å². The monoisotopic (exact) mass is 322 g/mol. The van der Waals surface area contributed by atoms with Gasteiger partial charge in [-0.2, -0.15) is 5.10 Å². The van der Waals surface area contributed by atoms with Crippen molar-refractivity contribution in [1.29, 1.82) is 0 Å². The molecule has 24 heavy (non-hydrogen) atoms. The number of aromatic amines is 1. The molecule has 4 rings (SSSR count). The fourth-order valence-electron chi connectivity index (χ4n) is 3.00. The number of carbonyl (C=O) groups is 1. The number of anilines is 3. The molecule has 0 spiro atoms. The molecule has 3 N–H and O–H groups in total. The summed E-state index contributed by atoms with van der Waals surface area (Å²) in [4.78, 5) is 12.0. The third kappa shape index (κ3) is 2.62. The highest BCUT2D eigenvalue weighted by Crippen LogP contribution is 2.40. The summed E-state index contributed by atoms with van der Waals surface area (Å²) in [6.45, 7) is 0. The molecule has 120 valence electrons. The number of benzene rings is 2. The molecule has 2 heterocycles. The van der Waals surface area contributed by atoms with Crippen molar-refractivity contribution in [2.24, 2.45) is 0 Å². The minimum atomic E-state index is -0.297. The van der Waals surface area contributed by atoms with Crippen molar-refractivity contribution in [3.63, 3.8) is 0 Å². The fourth-order valence-corrected chi connectivity index (χ4v) is 3.00. The number of H-pyrrole nitrogens is 1. The second kappa shape index (κ2) is 5.81. The summed E-state index contributed by atoms with van der Waals surface area (Å²) in [7, 11) is 0. The third-order valence-electron chi connectivity index (χ3n) is 4.12. The lowest BCUT2D eigenvalue weighted by Crippen LogP contribution is -2.23. The van der Waals surface area contributed by atoms with Crippen molar-refractivity contribution in [3.8, 4) is 0 Å². The van der Waals surface area contributed by atoms with Gasteiger partial charge in [0.2, 0.25) is 5.91 Å². The van der Waals surface area contributed by atoms with E-state index >= 15 is 0 Å². The van der Waals surface area contributed by atoms with E-state index in [9.17, 15) is 9.18 Å². The van der Waals surface area contributed by atoms with Crippen LogP contribution in [0.4, 0.5) is 21.7 Å². The second-order valence-electron chi connectivity index (χ2n) is 5.71. The van der Waals surface area contributed by atoms with Crippen LogP contribution < -0.4 is 10.6 Å². The van der Waals surface area contributed by atoms with Gasteiger partial charge in [0, 0.05) is 23.6 Å². The lowest BCUT2D eigenvalue weighted by atomic mass is 9.86. The zero-order valence-electron chi connectivity index (χ0n) is 12.7. The molecule has 0 bridgehead atoms. The van der Waals surface area contributed by atoms with Crippen LogP contribution in [0.5, 0.6) is 0 Å². The van der Waals surface area contributed by atoms with Gasteiger partial charge in [-0.1, -0.05) is 30.3 Å². The van der Waals surface area contributed by atoms with Crippen molar-refractivity contribution >= 4 is 23.2 Å². The first kappa shape index (κ1) is 14.4. The SMILES string of the molecule is O=C1CC(c2ccc(F)cc2)c2c(n[nH]c2Nc2ccccc2)N1. The number of halogens is 1. The molecular formula is C18H15FN4O. The van der Waals surface area contributed by atoms with E-state index in [-0.39, 0.29) is 17.6 Å². The Hall–Kier alpha value is -3.15. The van der Waals surface area contributed by atoms with Crippen LogP contribution in [0.1, 0.15) is 23.5 Å². The van der Waals surface area contributed by atoms with Gasteiger partial charge in [-0.3, -0.25) is 9.89 Å². The van der Waals surface area contributed by atoms with Crippen LogP contribution in [0, 0.1) is 5.82 Å². The van der Waals surface area contributed by atoms with Gasteiger partial charge < -0.3 is 10.6 Å². The second-order valence-corrected chi connectivity index (χ2v) is 5.71. The molecule has 1 atom stereocenters. The Morgan fingerprint density at radius 3 is 2.58 bits per heavy atom. The van der Waals surface area contributed by atoms with Crippen molar-refractivity contribution < 1.29 is 9.18 Å². The number of nitrogens with one attached hydrogen (secondary N) is 3. The number of hydrogen-bond donors (Lipinski definition) is 3. The molecule has 1 unspecified atom stereocenters. The van der Waals surface area contributed by atoms with Gasteiger partial charge in [-0.05, 0) is 29.8 Å². The van der Waals surface area contributed by atoms with Crippen LogP contribution in [0.25, 0.3) is 0 Å². The van der Waals surface area contributed by atoms with Crippen LogP contribution >= 0.6 is 0 Å². The van der Waals surface area contributed by atoms with E-state index in [1.165, 1.54) is 12.1 Å².